The van der Waals surface area contributed by atoms with Crippen LogP contribution in [-0.2, 0) is 0 Å². The monoisotopic (exact) mass is 336 g/mol. The first-order valence-corrected chi connectivity index (χ1v) is 7.91. The molecule has 3 rings (SSSR count). The number of aromatic nitrogens is 2. The SMILES string of the molecule is C[C@@H](CO)Nc1nc(Nc2ccc(F)cc2Cl)cc(C2CC2)n1. The van der Waals surface area contributed by atoms with Crippen LogP contribution in [0.2, 0.25) is 5.02 Å². The Morgan fingerprint density at radius 1 is 1.35 bits per heavy atom. The average molecular weight is 337 g/mol. The molecule has 1 aromatic heterocycles. The lowest BCUT2D eigenvalue weighted by molar-refractivity contribution is 0.281. The van der Waals surface area contributed by atoms with E-state index in [1.807, 2.05) is 13.0 Å². The number of halogens is 2. The van der Waals surface area contributed by atoms with E-state index in [1.165, 1.54) is 12.1 Å². The second-order valence-electron chi connectivity index (χ2n) is 5.75. The Morgan fingerprint density at radius 2 is 2.13 bits per heavy atom. The third-order valence-electron chi connectivity index (χ3n) is 3.58. The maximum atomic E-state index is 13.1. The maximum absolute atomic E-state index is 13.1. The van der Waals surface area contributed by atoms with E-state index in [0.29, 0.717) is 23.4 Å². The topological polar surface area (TPSA) is 70.1 Å². The van der Waals surface area contributed by atoms with Crippen molar-refractivity contribution in [1.82, 2.24) is 9.97 Å². The third kappa shape index (κ3) is 4.09. The summed E-state index contributed by atoms with van der Waals surface area (Å²) in [5.41, 5.74) is 1.53. The standard InChI is InChI=1S/C16H18ClFN4O/c1-9(8-23)19-16-21-14(10-2-3-10)7-15(22-16)20-13-5-4-11(18)6-12(13)17/h4-7,9-10,23H,2-3,8H2,1H3,(H2,19,20,21,22)/t9-/m0/s1. The van der Waals surface area contributed by atoms with Gasteiger partial charge in [-0.3, -0.25) is 0 Å². The lowest BCUT2D eigenvalue weighted by atomic mass is 10.2. The van der Waals surface area contributed by atoms with Gasteiger partial charge in [0.1, 0.15) is 11.6 Å². The fourth-order valence-corrected chi connectivity index (χ4v) is 2.39. The molecule has 122 valence electrons. The van der Waals surface area contributed by atoms with Gasteiger partial charge >= 0.3 is 0 Å². The predicted octanol–water partition coefficient (Wildman–Crippen LogP) is 3.68. The molecule has 0 unspecified atom stereocenters. The number of benzene rings is 1. The normalized spacial score (nSPS) is 15.3. The second kappa shape index (κ2) is 6.68. The van der Waals surface area contributed by atoms with Gasteiger partial charge in [-0.15, -0.1) is 0 Å². The van der Waals surface area contributed by atoms with E-state index in [2.05, 4.69) is 20.6 Å². The minimum atomic E-state index is -0.388. The fourth-order valence-electron chi connectivity index (χ4n) is 2.18. The minimum Gasteiger partial charge on any atom is -0.394 e. The summed E-state index contributed by atoms with van der Waals surface area (Å²) in [7, 11) is 0. The Kier molecular flexibility index (Phi) is 4.63. The zero-order valence-corrected chi connectivity index (χ0v) is 13.4. The van der Waals surface area contributed by atoms with Crippen molar-refractivity contribution in [3.8, 4) is 0 Å². The number of hydrogen-bond acceptors (Lipinski definition) is 5. The average Bonchev–Trinajstić information content (AvgIpc) is 3.34. The molecule has 5 nitrogen and oxygen atoms in total. The molecule has 0 saturated heterocycles. The van der Waals surface area contributed by atoms with Crippen LogP contribution in [0.3, 0.4) is 0 Å². The van der Waals surface area contributed by atoms with Crippen molar-refractivity contribution >= 4 is 29.1 Å². The number of aliphatic hydroxyl groups is 1. The van der Waals surface area contributed by atoms with Crippen LogP contribution in [0.4, 0.5) is 21.8 Å². The quantitative estimate of drug-likeness (QED) is 0.750. The van der Waals surface area contributed by atoms with Gasteiger partial charge in [0.15, 0.2) is 0 Å². The number of hydrogen-bond donors (Lipinski definition) is 3. The first-order chi connectivity index (χ1) is 11.0. The van der Waals surface area contributed by atoms with Crippen molar-refractivity contribution in [1.29, 1.82) is 0 Å². The van der Waals surface area contributed by atoms with Crippen LogP contribution < -0.4 is 10.6 Å². The fraction of sp³-hybridized carbons (Fsp3) is 0.375. The van der Waals surface area contributed by atoms with Gasteiger partial charge in [-0.25, -0.2) is 9.37 Å². The summed E-state index contributed by atoms with van der Waals surface area (Å²) >= 11 is 6.05. The van der Waals surface area contributed by atoms with Gasteiger partial charge in [0.05, 0.1) is 23.0 Å². The number of aliphatic hydroxyl groups excluding tert-OH is 1. The number of nitrogens with one attached hydrogen (secondary N) is 2. The molecule has 1 aliphatic carbocycles. The summed E-state index contributed by atoms with van der Waals surface area (Å²) in [6, 6.07) is 5.89. The van der Waals surface area contributed by atoms with Crippen molar-refractivity contribution in [2.45, 2.75) is 31.7 Å². The molecule has 1 fully saturated rings. The molecular formula is C16H18ClFN4O. The molecule has 2 aromatic rings. The summed E-state index contributed by atoms with van der Waals surface area (Å²) in [4.78, 5) is 8.89. The Bertz CT molecular complexity index is 708. The minimum absolute atomic E-state index is 0.0103. The molecule has 23 heavy (non-hydrogen) atoms. The van der Waals surface area contributed by atoms with E-state index in [1.54, 1.807) is 6.07 Å². The summed E-state index contributed by atoms with van der Waals surface area (Å²) in [6.07, 6.45) is 2.23. The predicted molar refractivity (Wildman–Crippen MR) is 88.9 cm³/mol. The van der Waals surface area contributed by atoms with E-state index in [0.717, 1.165) is 18.5 Å². The summed E-state index contributed by atoms with van der Waals surface area (Å²) in [6.45, 7) is 1.83. The van der Waals surface area contributed by atoms with Crippen LogP contribution in [0.1, 0.15) is 31.4 Å². The van der Waals surface area contributed by atoms with Crippen molar-refractivity contribution < 1.29 is 9.50 Å². The van der Waals surface area contributed by atoms with Gasteiger partial charge < -0.3 is 15.7 Å². The number of anilines is 3. The van der Waals surface area contributed by atoms with Gasteiger partial charge in [0, 0.05) is 18.0 Å². The molecule has 3 N–H and O–H groups in total. The largest absolute Gasteiger partial charge is 0.394 e. The van der Waals surface area contributed by atoms with Crippen LogP contribution in [0.5, 0.6) is 0 Å². The molecule has 1 atom stereocenters. The molecule has 1 saturated carbocycles. The third-order valence-corrected chi connectivity index (χ3v) is 3.90. The molecular weight excluding hydrogens is 319 g/mol. The van der Waals surface area contributed by atoms with E-state index in [9.17, 15) is 4.39 Å². The Morgan fingerprint density at radius 3 is 2.78 bits per heavy atom. The summed E-state index contributed by atoms with van der Waals surface area (Å²) in [5, 5.41) is 15.6. The van der Waals surface area contributed by atoms with Crippen LogP contribution in [-0.4, -0.2) is 27.7 Å². The van der Waals surface area contributed by atoms with Crippen molar-refractivity contribution in [3.05, 3.63) is 40.8 Å². The Labute approximate surface area is 138 Å². The summed E-state index contributed by atoms with van der Waals surface area (Å²) < 4.78 is 13.1. The first-order valence-electron chi connectivity index (χ1n) is 7.53. The molecule has 7 heteroatoms. The summed E-state index contributed by atoms with van der Waals surface area (Å²) in [5.74, 6) is 1.10. The van der Waals surface area contributed by atoms with E-state index in [-0.39, 0.29) is 23.5 Å². The van der Waals surface area contributed by atoms with Crippen LogP contribution in [0.25, 0.3) is 0 Å². The zero-order valence-electron chi connectivity index (χ0n) is 12.7. The van der Waals surface area contributed by atoms with Gasteiger partial charge in [-0.05, 0) is 38.0 Å². The Hall–Kier alpha value is -1.92. The molecule has 0 aliphatic heterocycles. The lowest BCUT2D eigenvalue weighted by Gasteiger charge is -2.14. The van der Waals surface area contributed by atoms with E-state index >= 15 is 0 Å². The van der Waals surface area contributed by atoms with Gasteiger partial charge in [0.25, 0.3) is 0 Å². The number of nitrogens with zero attached hydrogens (tertiary/aromatic N) is 2. The molecule has 0 radical (unpaired) electrons. The van der Waals surface area contributed by atoms with Gasteiger partial charge in [-0.1, -0.05) is 11.6 Å². The Balaban J connectivity index is 1.87. The van der Waals surface area contributed by atoms with Gasteiger partial charge in [-0.2, -0.15) is 4.98 Å². The van der Waals surface area contributed by atoms with E-state index in [4.69, 9.17) is 16.7 Å². The molecule has 1 aliphatic rings. The van der Waals surface area contributed by atoms with Crippen molar-refractivity contribution in [2.24, 2.45) is 0 Å². The smallest absolute Gasteiger partial charge is 0.225 e. The zero-order chi connectivity index (χ0) is 16.4. The second-order valence-corrected chi connectivity index (χ2v) is 6.16. The van der Waals surface area contributed by atoms with Crippen LogP contribution in [0, 0.1) is 5.82 Å². The van der Waals surface area contributed by atoms with Gasteiger partial charge in [0.2, 0.25) is 5.95 Å². The first kappa shape index (κ1) is 16.0. The van der Waals surface area contributed by atoms with Crippen molar-refractivity contribution in [2.75, 3.05) is 17.2 Å². The van der Waals surface area contributed by atoms with Crippen LogP contribution >= 0.6 is 11.6 Å². The molecule has 0 spiro atoms. The molecule has 0 amide bonds. The highest BCUT2D eigenvalue weighted by Crippen LogP contribution is 2.40. The molecule has 1 heterocycles. The van der Waals surface area contributed by atoms with E-state index < -0.39 is 0 Å². The highest BCUT2D eigenvalue weighted by atomic mass is 35.5. The lowest BCUT2D eigenvalue weighted by Crippen LogP contribution is -2.21. The molecule has 1 aromatic carbocycles. The maximum Gasteiger partial charge on any atom is 0.225 e. The van der Waals surface area contributed by atoms with Crippen molar-refractivity contribution in [3.63, 3.8) is 0 Å². The highest BCUT2D eigenvalue weighted by molar-refractivity contribution is 6.33. The molecule has 0 bridgehead atoms. The number of rotatable bonds is 6. The van der Waals surface area contributed by atoms with Crippen LogP contribution in [0.15, 0.2) is 24.3 Å². The highest BCUT2D eigenvalue weighted by Gasteiger charge is 2.26.